The summed E-state index contributed by atoms with van der Waals surface area (Å²) in [7, 11) is 0. The van der Waals surface area contributed by atoms with Crippen LogP contribution < -0.4 is 0 Å². The lowest BCUT2D eigenvalue weighted by molar-refractivity contribution is -0.153. The van der Waals surface area contributed by atoms with Crippen LogP contribution in [0.25, 0.3) is 6.08 Å². The van der Waals surface area contributed by atoms with Crippen molar-refractivity contribution in [3.63, 3.8) is 0 Å². The number of esters is 1. The first-order valence-electron chi connectivity index (χ1n) is 12.7. The fourth-order valence-corrected chi connectivity index (χ4v) is 5.73. The summed E-state index contributed by atoms with van der Waals surface area (Å²) in [6.45, 7) is 12.4. The van der Waals surface area contributed by atoms with Crippen LogP contribution >= 0.6 is 0 Å². The van der Waals surface area contributed by atoms with Gasteiger partial charge < -0.3 is 4.74 Å². The van der Waals surface area contributed by atoms with E-state index in [1.807, 2.05) is 81.5 Å². The van der Waals surface area contributed by atoms with Gasteiger partial charge in [0.25, 0.3) is 0 Å². The molecule has 0 aromatic heterocycles. The Morgan fingerprint density at radius 1 is 0.943 bits per heavy atom. The zero-order valence-corrected chi connectivity index (χ0v) is 21.9. The molecule has 1 fully saturated rings. The number of ketones is 1. The second-order valence-corrected chi connectivity index (χ2v) is 12.2. The van der Waals surface area contributed by atoms with E-state index in [4.69, 9.17) is 4.74 Å². The third-order valence-corrected chi connectivity index (χ3v) is 7.55. The van der Waals surface area contributed by atoms with E-state index in [0.29, 0.717) is 24.8 Å². The Kier molecular flexibility index (Phi) is 6.66. The first-order valence-corrected chi connectivity index (χ1v) is 12.7. The Morgan fingerprint density at radius 2 is 1.54 bits per heavy atom. The predicted molar refractivity (Wildman–Crippen MR) is 142 cm³/mol. The highest BCUT2D eigenvalue weighted by Gasteiger charge is 2.59. The maximum atomic E-state index is 14.6. The Morgan fingerprint density at radius 3 is 2.11 bits per heavy atom. The van der Waals surface area contributed by atoms with Crippen LogP contribution in [-0.2, 0) is 14.3 Å². The minimum absolute atomic E-state index is 0.0215. The quantitative estimate of drug-likeness (QED) is 0.344. The number of carbonyl (C=O) groups is 2. The van der Waals surface area contributed by atoms with E-state index in [1.165, 1.54) is 0 Å². The maximum Gasteiger partial charge on any atom is 0.335 e. The highest BCUT2D eigenvalue weighted by atomic mass is 16.6. The first-order chi connectivity index (χ1) is 16.4. The van der Waals surface area contributed by atoms with Crippen molar-refractivity contribution in [2.75, 3.05) is 0 Å². The Hall–Kier alpha value is -2.94. The molecule has 3 nitrogen and oxygen atoms in total. The van der Waals surface area contributed by atoms with Crippen molar-refractivity contribution in [3.8, 4) is 0 Å². The van der Waals surface area contributed by atoms with Crippen LogP contribution in [0.15, 0.2) is 77.9 Å². The molecule has 2 aliphatic rings. The number of hydrogen-bond acceptors (Lipinski definition) is 3. The van der Waals surface area contributed by atoms with Crippen LogP contribution in [0.5, 0.6) is 0 Å². The summed E-state index contributed by atoms with van der Waals surface area (Å²) in [5.74, 6) is -0.142. The second-order valence-electron chi connectivity index (χ2n) is 12.2. The van der Waals surface area contributed by atoms with Crippen molar-refractivity contribution in [1.82, 2.24) is 0 Å². The molecule has 3 atom stereocenters. The number of allylic oxidation sites excluding steroid dienone is 2. The number of benzene rings is 2. The third-order valence-electron chi connectivity index (χ3n) is 7.55. The first kappa shape index (κ1) is 25.2. The molecule has 0 amide bonds. The van der Waals surface area contributed by atoms with E-state index in [0.717, 1.165) is 16.7 Å². The summed E-state index contributed by atoms with van der Waals surface area (Å²) in [6.07, 6.45) is 6.03. The lowest BCUT2D eigenvalue weighted by Crippen LogP contribution is -2.47. The summed E-state index contributed by atoms with van der Waals surface area (Å²) in [5.41, 5.74) is 1.88. The number of hydrogen-bond donors (Lipinski definition) is 0. The highest BCUT2D eigenvalue weighted by molar-refractivity contribution is 6.12. The van der Waals surface area contributed by atoms with E-state index < -0.39 is 11.0 Å². The molecule has 0 saturated heterocycles. The molecule has 0 aliphatic heterocycles. The fourth-order valence-electron chi connectivity index (χ4n) is 5.73. The summed E-state index contributed by atoms with van der Waals surface area (Å²) in [5, 5.41) is 0. The van der Waals surface area contributed by atoms with Gasteiger partial charge in [0.2, 0.25) is 0 Å². The van der Waals surface area contributed by atoms with Gasteiger partial charge in [-0.2, -0.15) is 0 Å². The monoisotopic (exact) mass is 470 g/mol. The van der Waals surface area contributed by atoms with Crippen LogP contribution in [0.3, 0.4) is 0 Å². The molecule has 2 aliphatic carbocycles. The zero-order valence-electron chi connectivity index (χ0n) is 21.9. The molecule has 35 heavy (non-hydrogen) atoms. The van der Waals surface area contributed by atoms with Crippen LogP contribution in [0.4, 0.5) is 0 Å². The Labute approximate surface area is 210 Å². The van der Waals surface area contributed by atoms with Crippen LogP contribution in [0.1, 0.15) is 77.8 Å². The van der Waals surface area contributed by atoms with Crippen molar-refractivity contribution in [1.29, 1.82) is 0 Å². The van der Waals surface area contributed by atoms with Gasteiger partial charge in [0.1, 0.15) is 5.60 Å². The molecule has 1 saturated carbocycles. The van der Waals surface area contributed by atoms with Gasteiger partial charge in [-0.1, -0.05) is 87.5 Å². The highest BCUT2D eigenvalue weighted by Crippen LogP contribution is 2.60. The van der Waals surface area contributed by atoms with Gasteiger partial charge in [-0.25, -0.2) is 4.79 Å². The third kappa shape index (κ3) is 5.05. The minimum Gasteiger partial charge on any atom is -0.457 e. The molecule has 1 unspecified atom stereocenters. The van der Waals surface area contributed by atoms with E-state index in [1.54, 1.807) is 0 Å². The molecule has 0 N–H and O–H groups in total. The summed E-state index contributed by atoms with van der Waals surface area (Å²) >= 11 is 0. The molecule has 2 aromatic carbocycles. The van der Waals surface area contributed by atoms with E-state index in [2.05, 4.69) is 32.9 Å². The average molecular weight is 471 g/mol. The topological polar surface area (TPSA) is 43.4 Å². The molecule has 4 rings (SSSR count). The van der Waals surface area contributed by atoms with Crippen LogP contribution in [-0.4, -0.2) is 17.4 Å². The zero-order chi connectivity index (χ0) is 25.4. The van der Waals surface area contributed by atoms with Crippen LogP contribution in [0.2, 0.25) is 0 Å². The SMILES string of the molecule is CC(C)(C)OC(=O)C1=CC[C@H](c2ccccc2)[C@]12CC(C(C)(C)C)C/C(=C\c1ccccc1)C2=O. The molecule has 0 radical (unpaired) electrons. The minimum atomic E-state index is -0.930. The standard InChI is InChI=1S/C32H38O3/c1-30(2,3)25-20-24(19-22-13-9-7-10-14-22)28(33)32(21-25)26(23-15-11-8-12-16-23)17-18-27(32)29(34)35-31(4,5)6/h7-16,18-19,25-26H,17,20-21H2,1-6H3/b24-19+/t25?,26-,32-/m1/s1. The summed E-state index contributed by atoms with van der Waals surface area (Å²) in [4.78, 5) is 28.2. The van der Waals surface area contributed by atoms with Crippen molar-refractivity contribution < 1.29 is 14.3 Å². The lowest BCUT2D eigenvalue weighted by Gasteiger charge is -2.47. The van der Waals surface area contributed by atoms with Crippen molar-refractivity contribution in [2.45, 2.75) is 72.3 Å². The largest absolute Gasteiger partial charge is 0.457 e. The maximum absolute atomic E-state index is 14.6. The van der Waals surface area contributed by atoms with Crippen molar-refractivity contribution in [2.24, 2.45) is 16.7 Å². The molecular weight excluding hydrogens is 432 g/mol. The number of Topliss-reactive ketones (excluding diaryl/α,β-unsaturated/α-hetero) is 1. The van der Waals surface area contributed by atoms with Gasteiger partial charge >= 0.3 is 5.97 Å². The fraction of sp³-hybridized carbons (Fsp3) is 0.438. The lowest BCUT2D eigenvalue weighted by atomic mass is 9.54. The Balaban J connectivity index is 1.90. The number of ether oxygens (including phenoxy) is 1. The molecule has 2 aromatic rings. The van der Waals surface area contributed by atoms with Gasteiger partial charge in [-0.3, -0.25) is 4.79 Å². The average Bonchev–Trinajstić information content (AvgIpc) is 3.16. The summed E-state index contributed by atoms with van der Waals surface area (Å²) in [6, 6.07) is 20.2. The normalized spacial score (nSPS) is 26.2. The number of rotatable bonds is 3. The van der Waals surface area contributed by atoms with Gasteiger partial charge in [-0.15, -0.1) is 0 Å². The molecular formula is C32H38O3. The molecule has 184 valence electrons. The van der Waals surface area contributed by atoms with E-state index >= 15 is 0 Å². The van der Waals surface area contributed by atoms with E-state index in [-0.39, 0.29) is 29.0 Å². The molecule has 0 heterocycles. The number of carbonyl (C=O) groups excluding carboxylic acids is 2. The smallest absolute Gasteiger partial charge is 0.335 e. The summed E-state index contributed by atoms with van der Waals surface area (Å²) < 4.78 is 5.88. The van der Waals surface area contributed by atoms with Crippen molar-refractivity contribution in [3.05, 3.63) is 89.0 Å². The molecule has 0 bridgehead atoms. The van der Waals surface area contributed by atoms with Crippen LogP contribution in [0, 0.1) is 16.7 Å². The Bertz CT molecular complexity index is 1140. The van der Waals surface area contributed by atoms with Gasteiger partial charge in [0.15, 0.2) is 5.78 Å². The molecule has 1 spiro atoms. The van der Waals surface area contributed by atoms with Gasteiger partial charge in [0.05, 0.1) is 5.41 Å². The second kappa shape index (κ2) is 9.26. The predicted octanol–water partition coefficient (Wildman–Crippen LogP) is 7.54. The van der Waals surface area contributed by atoms with Gasteiger partial charge in [0, 0.05) is 11.5 Å². The molecule has 3 heteroatoms. The van der Waals surface area contributed by atoms with Crippen molar-refractivity contribution >= 4 is 17.8 Å². The van der Waals surface area contributed by atoms with Gasteiger partial charge in [-0.05, 0) is 74.1 Å². The van der Waals surface area contributed by atoms with E-state index in [9.17, 15) is 9.59 Å².